The minimum Gasteiger partial charge on any atom is -0.376 e. The second-order valence-electron chi connectivity index (χ2n) is 7.07. The van der Waals surface area contributed by atoms with Crippen LogP contribution >= 0.6 is 0 Å². The van der Waals surface area contributed by atoms with Crippen molar-refractivity contribution in [2.45, 2.75) is 65.4 Å². The second-order valence-corrected chi connectivity index (χ2v) is 7.07. The SMILES string of the molecule is CCNC(=NCC(C)(C)C(=O)NC)NCCOC1CCCCCC1. The molecule has 0 aromatic carbocycles. The number of amides is 1. The van der Waals surface area contributed by atoms with Crippen LogP contribution in [0.3, 0.4) is 0 Å². The van der Waals surface area contributed by atoms with Gasteiger partial charge in [-0.25, -0.2) is 0 Å². The van der Waals surface area contributed by atoms with Gasteiger partial charge < -0.3 is 20.7 Å². The van der Waals surface area contributed by atoms with Gasteiger partial charge in [-0.15, -0.1) is 0 Å². The van der Waals surface area contributed by atoms with Crippen LogP contribution in [0.15, 0.2) is 4.99 Å². The normalized spacial score (nSPS) is 17.2. The fourth-order valence-electron chi connectivity index (χ4n) is 2.83. The maximum absolute atomic E-state index is 11.8. The van der Waals surface area contributed by atoms with Gasteiger partial charge in [0, 0.05) is 20.1 Å². The summed E-state index contributed by atoms with van der Waals surface area (Å²) in [5.74, 6) is 0.734. The maximum atomic E-state index is 11.8. The van der Waals surface area contributed by atoms with Crippen LogP contribution in [-0.2, 0) is 9.53 Å². The number of carbonyl (C=O) groups excluding carboxylic acids is 1. The standard InChI is InChI=1S/C18H36N4O2/c1-5-20-17(22-14-18(2,3)16(23)19-4)21-12-13-24-15-10-8-6-7-9-11-15/h15H,5-14H2,1-4H3,(H,19,23)(H2,20,21,22). The summed E-state index contributed by atoms with van der Waals surface area (Å²) in [5.41, 5.74) is -0.520. The van der Waals surface area contributed by atoms with Gasteiger partial charge in [-0.1, -0.05) is 25.7 Å². The first-order valence-electron chi connectivity index (χ1n) is 9.35. The van der Waals surface area contributed by atoms with E-state index in [9.17, 15) is 4.79 Å². The molecule has 0 bridgehead atoms. The lowest BCUT2D eigenvalue weighted by Gasteiger charge is -2.21. The first kappa shape index (κ1) is 20.7. The fourth-order valence-corrected chi connectivity index (χ4v) is 2.83. The average molecular weight is 341 g/mol. The minimum atomic E-state index is -0.520. The van der Waals surface area contributed by atoms with Crippen molar-refractivity contribution in [3.8, 4) is 0 Å². The van der Waals surface area contributed by atoms with Crippen LogP contribution in [0.5, 0.6) is 0 Å². The Morgan fingerprint density at radius 2 is 1.83 bits per heavy atom. The number of rotatable bonds is 8. The predicted molar refractivity (Wildman–Crippen MR) is 99.3 cm³/mol. The van der Waals surface area contributed by atoms with Crippen molar-refractivity contribution in [2.75, 3.05) is 33.3 Å². The van der Waals surface area contributed by atoms with Gasteiger partial charge >= 0.3 is 0 Å². The largest absolute Gasteiger partial charge is 0.376 e. The molecule has 1 saturated carbocycles. The summed E-state index contributed by atoms with van der Waals surface area (Å²) < 4.78 is 5.98. The number of nitrogens with one attached hydrogen (secondary N) is 3. The van der Waals surface area contributed by atoms with E-state index in [0.717, 1.165) is 19.0 Å². The molecule has 6 heteroatoms. The molecule has 0 radical (unpaired) electrons. The van der Waals surface area contributed by atoms with E-state index in [-0.39, 0.29) is 5.91 Å². The predicted octanol–water partition coefficient (Wildman–Crippen LogP) is 2.05. The van der Waals surface area contributed by atoms with E-state index in [1.807, 2.05) is 20.8 Å². The lowest BCUT2D eigenvalue weighted by atomic mass is 9.93. The second kappa shape index (κ2) is 11.3. The fraction of sp³-hybridized carbons (Fsp3) is 0.889. The molecule has 3 N–H and O–H groups in total. The van der Waals surface area contributed by atoms with Gasteiger partial charge in [0.25, 0.3) is 0 Å². The number of carbonyl (C=O) groups is 1. The molecular formula is C18H36N4O2. The van der Waals surface area contributed by atoms with Crippen LogP contribution in [0.1, 0.15) is 59.3 Å². The molecule has 0 heterocycles. The first-order valence-corrected chi connectivity index (χ1v) is 9.35. The van der Waals surface area contributed by atoms with Crippen molar-refractivity contribution in [3.63, 3.8) is 0 Å². The summed E-state index contributed by atoms with van der Waals surface area (Å²) in [5, 5.41) is 9.19. The number of ether oxygens (including phenoxy) is 1. The van der Waals surface area contributed by atoms with Gasteiger partial charge in [-0.2, -0.15) is 0 Å². The quantitative estimate of drug-likeness (QED) is 0.274. The smallest absolute Gasteiger partial charge is 0.227 e. The molecule has 0 unspecified atom stereocenters. The molecule has 1 rings (SSSR count). The highest BCUT2D eigenvalue weighted by atomic mass is 16.5. The highest BCUT2D eigenvalue weighted by Crippen LogP contribution is 2.19. The molecule has 0 aromatic heterocycles. The number of hydrogen-bond donors (Lipinski definition) is 3. The summed E-state index contributed by atoms with van der Waals surface area (Å²) in [6, 6.07) is 0. The number of aliphatic imine (C=N–C) groups is 1. The Labute approximate surface area is 147 Å². The maximum Gasteiger partial charge on any atom is 0.227 e. The van der Waals surface area contributed by atoms with E-state index >= 15 is 0 Å². The summed E-state index contributed by atoms with van der Waals surface area (Å²) in [6.07, 6.45) is 8.06. The van der Waals surface area contributed by atoms with Gasteiger partial charge in [-0.05, 0) is 33.6 Å². The molecule has 0 atom stereocenters. The lowest BCUT2D eigenvalue weighted by molar-refractivity contribution is -0.128. The Morgan fingerprint density at radius 1 is 1.17 bits per heavy atom. The average Bonchev–Trinajstić information content (AvgIpc) is 2.84. The van der Waals surface area contributed by atoms with Crippen LogP contribution < -0.4 is 16.0 Å². The highest BCUT2D eigenvalue weighted by Gasteiger charge is 2.26. The molecule has 24 heavy (non-hydrogen) atoms. The molecule has 0 aromatic rings. The molecule has 1 amide bonds. The summed E-state index contributed by atoms with van der Waals surface area (Å²) >= 11 is 0. The van der Waals surface area contributed by atoms with Gasteiger partial charge in [-0.3, -0.25) is 9.79 Å². The van der Waals surface area contributed by atoms with Crippen LogP contribution in [0, 0.1) is 5.41 Å². The summed E-state index contributed by atoms with van der Waals surface area (Å²) in [7, 11) is 1.65. The summed E-state index contributed by atoms with van der Waals surface area (Å²) in [6.45, 7) is 8.46. The Balaban J connectivity index is 2.36. The Hall–Kier alpha value is -1.30. The molecule has 0 aliphatic heterocycles. The topological polar surface area (TPSA) is 74.8 Å². The van der Waals surface area contributed by atoms with E-state index in [1.165, 1.54) is 38.5 Å². The van der Waals surface area contributed by atoms with Crippen molar-refractivity contribution < 1.29 is 9.53 Å². The zero-order valence-corrected chi connectivity index (χ0v) is 15.9. The monoisotopic (exact) mass is 340 g/mol. The third-order valence-electron chi connectivity index (χ3n) is 4.37. The van der Waals surface area contributed by atoms with Crippen molar-refractivity contribution in [1.29, 1.82) is 0 Å². The molecule has 0 saturated heterocycles. The molecule has 140 valence electrons. The van der Waals surface area contributed by atoms with Crippen LogP contribution in [-0.4, -0.2) is 51.3 Å². The van der Waals surface area contributed by atoms with Crippen LogP contribution in [0.2, 0.25) is 0 Å². The highest BCUT2D eigenvalue weighted by molar-refractivity contribution is 5.83. The van der Waals surface area contributed by atoms with E-state index in [2.05, 4.69) is 20.9 Å². The number of guanidine groups is 1. The molecular weight excluding hydrogens is 304 g/mol. The van der Waals surface area contributed by atoms with Gasteiger partial charge in [0.1, 0.15) is 0 Å². The minimum absolute atomic E-state index is 0.00112. The number of nitrogens with zero attached hydrogens (tertiary/aromatic N) is 1. The lowest BCUT2D eigenvalue weighted by Crippen LogP contribution is -2.42. The van der Waals surface area contributed by atoms with E-state index in [4.69, 9.17) is 4.74 Å². The van der Waals surface area contributed by atoms with E-state index in [0.29, 0.717) is 19.3 Å². The van der Waals surface area contributed by atoms with E-state index < -0.39 is 5.41 Å². The van der Waals surface area contributed by atoms with Crippen molar-refractivity contribution in [3.05, 3.63) is 0 Å². The molecule has 0 spiro atoms. The first-order chi connectivity index (χ1) is 11.5. The third kappa shape index (κ3) is 7.99. The zero-order chi connectivity index (χ0) is 17.8. The van der Waals surface area contributed by atoms with Gasteiger partial charge in [0.2, 0.25) is 5.91 Å². The molecule has 1 fully saturated rings. The zero-order valence-electron chi connectivity index (χ0n) is 15.9. The number of hydrogen-bond acceptors (Lipinski definition) is 3. The van der Waals surface area contributed by atoms with Crippen LogP contribution in [0.25, 0.3) is 0 Å². The Bertz CT molecular complexity index is 388. The van der Waals surface area contributed by atoms with Crippen LogP contribution in [0.4, 0.5) is 0 Å². The van der Waals surface area contributed by atoms with Crippen molar-refractivity contribution in [2.24, 2.45) is 10.4 Å². The summed E-state index contributed by atoms with van der Waals surface area (Å²) in [4.78, 5) is 16.4. The van der Waals surface area contributed by atoms with Gasteiger partial charge in [0.05, 0.1) is 24.7 Å². The van der Waals surface area contributed by atoms with E-state index in [1.54, 1.807) is 7.05 Å². The van der Waals surface area contributed by atoms with Crippen molar-refractivity contribution in [1.82, 2.24) is 16.0 Å². The molecule has 6 nitrogen and oxygen atoms in total. The van der Waals surface area contributed by atoms with Gasteiger partial charge in [0.15, 0.2) is 5.96 Å². The Morgan fingerprint density at radius 3 is 2.42 bits per heavy atom. The Kier molecular flexibility index (Phi) is 9.76. The third-order valence-corrected chi connectivity index (χ3v) is 4.37. The van der Waals surface area contributed by atoms with Crippen molar-refractivity contribution >= 4 is 11.9 Å². The molecule has 1 aliphatic rings. The molecule has 1 aliphatic carbocycles.